The van der Waals surface area contributed by atoms with Gasteiger partial charge in [0.1, 0.15) is 11.5 Å². The Hall–Kier alpha value is -2.48. The molecular weight excluding hydrogens is 410 g/mol. The van der Waals surface area contributed by atoms with Crippen LogP contribution in [0.1, 0.15) is 46.0 Å². The summed E-state index contributed by atoms with van der Waals surface area (Å²) in [6.45, 7) is 8.26. The molecule has 2 saturated heterocycles. The van der Waals surface area contributed by atoms with Crippen LogP contribution in [0.4, 0.5) is 11.4 Å². The molecule has 4 rings (SSSR count). The number of anilines is 2. The molecule has 0 radical (unpaired) electrons. The standard InChI is InChI=1S/C24H35N3O5/c1-3-31-21-15-20(26-9-11-30-12-10-26)22(32-4-2)14-19(21)25-24(29)17-13-23(28)27(16-17)18-7-5-6-8-18/h14-15,17-18H,3-13,16H2,1-2H3,(H,25,29)/t17-/m1/s1. The third kappa shape index (κ3) is 4.95. The maximum Gasteiger partial charge on any atom is 0.229 e. The van der Waals surface area contributed by atoms with Crippen molar-refractivity contribution in [2.24, 2.45) is 5.92 Å². The van der Waals surface area contributed by atoms with Gasteiger partial charge in [-0.05, 0) is 26.7 Å². The van der Waals surface area contributed by atoms with Crippen molar-refractivity contribution in [1.29, 1.82) is 0 Å². The van der Waals surface area contributed by atoms with E-state index in [1.807, 2.05) is 30.9 Å². The summed E-state index contributed by atoms with van der Waals surface area (Å²) in [5.74, 6) is 0.944. The summed E-state index contributed by atoms with van der Waals surface area (Å²) in [6.07, 6.45) is 4.71. The molecule has 3 aliphatic rings. The summed E-state index contributed by atoms with van der Waals surface area (Å²) in [7, 11) is 0. The van der Waals surface area contributed by atoms with E-state index < -0.39 is 0 Å². The summed E-state index contributed by atoms with van der Waals surface area (Å²) < 4.78 is 17.3. The molecule has 0 aromatic heterocycles. The summed E-state index contributed by atoms with van der Waals surface area (Å²) in [6, 6.07) is 4.10. The van der Waals surface area contributed by atoms with Gasteiger partial charge in [-0.25, -0.2) is 0 Å². The lowest BCUT2D eigenvalue weighted by molar-refractivity contribution is -0.129. The van der Waals surface area contributed by atoms with Crippen molar-refractivity contribution in [3.8, 4) is 11.5 Å². The highest BCUT2D eigenvalue weighted by atomic mass is 16.5. The Balaban J connectivity index is 1.53. The third-order valence-corrected chi connectivity index (χ3v) is 6.57. The molecular formula is C24H35N3O5. The highest BCUT2D eigenvalue weighted by Gasteiger charge is 2.39. The molecule has 1 aromatic rings. The van der Waals surface area contributed by atoms with Crippen molar-refractivity contribution in [3.05, 3.63) is 12.1 Å². The summed E-state index contributed by atoms with van der Waals surface area (Å²) in [5, 5.41) is 3.03. The molecule has 1 aliphatic carbocycles. The van der Waals surface area contributed by atoms with Gasteiger partial charge in [0.2, 0.25) is 11.8 Å². The van der Waals surface area contributed by atoms with Gasteiger partial charge in [0.15, 0.2) is 0 Å². The predicted octanol–water partition coefficient (Wildman–Crippen LogP) is 3.05. The van der Waals surface area contributed by atoms with Gasteiger partial charge >= 0.3 is 0 Å². The van der Waals surface area contributed by atoms with Gasteiger partial charge in [-0.15, -0.1) is 0 Å². The number of carbonyl (C=O) groups excluding carboxylic acids is 2. The zero-order valence-corrected chi connectivity index (χ0v) is 19.2. The van der Waals surface area contributed by atoms with E-state index in [0.29, 0.717) is 56.2 Å². The number of morpholine rings is 1. The number of likely N-dealkylation sites (tertiary alicyclic amines) is 1. The molecule has 176 valence electrons. The van der Waals surface area contributed by atoms with Crippen molar-refractivity contribution in [2.45, 2.75) is 52.0 Å². The molecule has 0 spiro atoms. The van der Waals surface area contributed by atoms with Gasteiger partial charge in [0, 0.05) is 44.2 Å². The zero-order chi connectivity index (χ0) is 22.5. The first-order chi connectivity index (χ1) is 15.6. The van der Waals surface area contributed by atoms with E-state index in [-0.39, 0.29) is 24.2 Å². The molecule has 2 amide bonds. The van der Waals surface area contributed by atoms with Crippen LogP contribution in [0, 0.1) is 5.92 Å². The number of amides is 2. The quantitative estimate of drug-likeness (QED) is 0.663. The van der Waals surface area contributed by atoms with Crippen LogP contribution < -0.4 is 19.7 Å². The Morgan fingerprint density at radius 2 is 1.78 bits per heavy atom. The molecule has 3 fully saturated rings. The fraction of sp³-hybridized carbons (Fsp3) is 0.667. The first-order valence-corrected chi connectivity index (χ1v) is 12.0. The lowest BCUT2D eigenvalue weighted by Crippen LogP contribution is -2.36. The number of hydrogen-bond donors (Lipinski definition) is 1. The van der Waals surface area contributed by atoms with Crippen LogP contribution >= 0.6 is 0 Å². The van der Waals surface area contributed by atoms with Gasteiger partial charge in [-0.3, -0.25) is 9.59 Å². The second kappa shape index (κ2) is 10.4. The smallest absolute Gasteiger partial charge is 0.229 e. The second-order valence-corrected chi connectivity index (χ2v) is 8.66. The van der Waals surface area contributed by atoms with E-state index in [0.717, 1.165) is 31.6 Å². The summed E-state index contributed by atoms with van der Waals surface area (Å²) in [4.78, 5) is 29.8. The average Bonchev–Trinajstić information content (AvgIpc) is 3.46. The van der Waals surface area contributed by atoms with Gasteiger partial charge in [-0.2, -0.15) is 0 Å². The van der Waals surface area contributed by atoms with E-state index in [9.17, 15) is 9.59 Å². The van der Waals surface area contributed by atoms with E-state index >= 15 is 0 Å². The number of nitrogens with zero attached hydrogens (tertiary/aromatic N) is 2. The molecule has 8 nitrogen and oxygen atoms in total. The monoisotopic (exact) mass is 445 g/mol. The first-order valence-electron chi connectivity index (χ1n) is 12.0. The number of ether oxygens (including phenoxy) is 3. The van der Waals surface area contributed by atoms with E-state index in [4.69, 9.17) is 14.2 Å². The molecule has 2 aliphatic heterocycles. The molecule has 32 heavy (non-hydrogen) atoms. The minimum absolute atomic E-state index is 0.0970. The van der Waals surface area contributed by atoms with E-state index in [2.05, 4.69) is 10.2 Å². The molecule has 1 atom stereocenters. The number of benzene rings is 1. The Morgan fingerprint density at radius 3 is 2.47 bits per heavy atom. The Kier molecular flexibility index (Phi) is 7.40. The number of rotatable bonds is 8. The average molecular weight is 446 g/mol. The molecule has 1 aromatic carbocycles. The maximum absolute atomic E-state index is 13.1. The van der Waals surface area contributed by atoms with Gasteiger partial charge in [0.25, 0.3) is 0 Å². The van der Waals surface area contributed by atoms with Gasteiger partial charge in [-0.1, -0.05) is 12.8 Å². The normalized spacial score (nSPS) is 21.8. The summed E-state index contributed by atoms with van der Waals surface area (Å²) >= 11 is 0. The molecule has 2 heterocycles. The van der Waals surface area contributed by atoms with Crippen molar-refractivity contribution < 1.29 is 23.8 Å². The number of nitrogens with one attached hydrogen (secondary N) is 1. The van der Waals surface area contributed by atoms with Crippen LogP contribution in [0.25, 0.3) is 0 Å². The van der Waals surface area contributed by atoms with Crippen molar-refractivity contribution in [3.63, 3.8) is 0 Å². The molecule has 8 heteroatoms. The topological polar surface area (TPSA) is 80.3 Å². The number of hydrogen-bond acceptors (Lipinski definition) is 6. The van der Waals surface area contributed by atoms with Crippen LogP contribution in [-0.4, -0.2) is 68.8 Å². The lowest BCUT2D eigenvalue weighted by Gasteiger charge is -2.31. The Bertz CT molecular complexity index is 818. The Labute approximate surface area is 190 Å². The first kappa shape index (κ1) is 22.7. The van der Waals surface area contributed by atoms with Crippen LogP contribution in [-0.2, 0) is 14.3 Å². The Morgan fingerprint density at radius 1 is 1.09 bits per heavy atom. The highest BCUT2D eigenvalue weighted by Crippen LogP contribution is 2.40. The molecule has 0 bridgehead atoms. The van der Waals surface area contributed by atoms with E-state index in [1.54, 1.807) is 0 Å². The predicted molar refractivity (Wildman–Crippen MR) is 123 cm³/mol. The zero-order valence-electron chi connectivity index (χ0n) is 19.2. The fourth-order valence-corrected chi connectivity index (χ4v) is 4.96. The van der Waals surface area contributed by atoms with Gasteiger partial charge in [0.05, 0.1) is 43.7 Å². The highest BCUT2D eigenvalue weighted by molar-refractivity contribution is 5.98. The maximum atomic E-state index is 13.1. The number of carbonyl (C=O) groups is 2. The van der Waals surface area contributed by atoms with Crippen molar-refractivity contribution >= 4 is 23.2 Å². The van der Waals surface area contributed by atoms with Crippen LogP contribution in [0.5, 0.6) is 11.5 Å². The van der Waals surface area contributed by atoms with E-state index in [1.165, 1.54) is 12.8 Å². The lowest BCUT2D eigenvalue weighted by atomic mass is 10.1. The van der Waals surface area contributed by atoms with Crippen LogP contribution in [0.3, 0.4) is 0 Å². The SMILES string of the molecule is CCOc1cc(N2CCOCC2)c(OCC)cc1NC(=O)[C@@H]1CC(=O)N(C2CCCC2)C1. The largest absolute Gasteiger partial charge is 0.492 e. The summed E-state index contributed by atoms with van der Waals surface area (Å²) in [5.41, 5.74) is 1.53. The molecule has 1 N–H and O–H groups in total. The third-order valence-electron chi connectivity index (χ3n) is 6.57. The van der Waals surface area contributed by atoms with Gasteiger partial charge < -0.3 is 29.3 Å². The van der Waals surface area contributed by atoms with Crippen LogP contribution in [0.2, 0.25) is 0 Å². The van der Waals surface area contributed by atoms with Crippen molar-refractivity contribution in [1.82, 2.24) is 4.90 Å². The van der Waals surface area contributed by atoms with Crippen LogP contribution in [0.15, 0.2) is 12.1 Å². The molecule has 1 saturated carbocycles. The molecule has 0 unspecified atom stereocenters. The van der Waals surface area contributed by atoms with Crippen molar-refractivity contribution in [2.75, 3.05) is 56.3 Å². The fourth-order valence-electron chi connectivity index (χ4n) is 4.96. The minimum atomic E-state index is -0.341. The second-order valence-electron chi connectivity index (χ2n) is 8.66. The minimum Gasteiger partial charge on any atom is -0.492 e.